The fraction of sp³-hybridized carbons (Fsp3) is 0.182. The predicted molar refractivity (Wildman–Crippen MR) is 164 cm³/mol. The van der Waals surface area contributed by atoms with Crippen LogP contribution in [-0.2, 0) is 9.53 Å². The van der Waals surface area contributed by atoms with E-state index < -0.39 is 0 Å². The first-order valence-electron chi connectivity index (χ1n) is 13.4. The van der Waals surface area contributed by atoms with Gasteiger partial charge in [0.25, 0.3) is 0 Å². The second-order valence-electron chi connectivity index (χ2n) is 9.87. The number of rotatable bonds is 11. The summed E-state index contributed by atoms with van der Waals surface area (Å²) in [4.78, 5) is 23.6. The van der Waals surface area contributed by atoms with Crippen LogP contribution in [0.2, 0.25) is 0 Å². The summed E-state index contributed by atoms with van der Waals surface area (Å²) in [5.74, 6) is 1.08. The van der Waals surface area contributed by atoms with Crippen molar-refractivity contribution in [3.05, 3.63) is 109 Å². The molecule has 0 aliphatic rings. The summed E-state index contributed by atoms with van der Waals surface area (Å²) in [6.45, 7) is 1.13. The number of furan rings is 1. The molecule has 0 aliphatic carbocycles. The van der Waals surface area contributed by atoms with Gasteiger partial charge in [0.2, 0.25) is 11.6 Å². The maximum absolute atomic E-state index is 12.5. The molecule has 8 heteroatoms. The number of nitrogens with zero attached hydrogens (tertiary/aromatic N) is 3. The van der Waals surface area contributed by atoms with Crippen molar-refractivity contribution >= 4 is 28.5 Å². The van der Waals surface area contributed by atoms with Crippen molar-refractivity contribution in [3.63, 3.8) is 0 Å². The second-order valence-corrected chi connectivity index (χ2v) is 9.87. The summed E-state index contributed by atoms with van der Waals surface area (Å²) in [7, 11) is 5.59. The van der Waals surface area contributed by atoms with Crippen molar-refractivity contribution in [1.82, 2.24) is 14.9 Å². The highest BCUT2D eigenvalue weighted by Crippen LogP contribution is 2.43. The number of carbonyl (C=O) groups excluding carboxylic acids is 1. The van der Waals surface area contributed by atoms with Gasteiger partial charge in [-0.15, -0.1) is 0 Å². The molecule has 0 aliphatic heterocycles. The van der Waals surface area contributed by atoms with Gasteiger partial charge in [-0.3, -0.25) is 4.79 Å². The highest BCUT2D eigenvalue weighted by atomic mass is 16.5. The fourth-order valence-corrected chi connectivity index (χ4v) is 4.66. The number of fused-ring (bicyclic) bond motifs is 1. The Hall–Kier alpha value is -4.79. The van der Waals surface area contributed by atoms with Gasteiger partial charge >= 0.3 is 0 Å². The van der Waals surface area contributed by atoms with Gasteiger partial charge in [-0.05, 0) is 37.4 Å². The fourth-order valence-electron chi connectivity index (χ4n) is 4.66. The Kier molecular flexibility index (Phi) is 8.83. The van der Waals surface area contributed by atoms with Crippen LogP contribution in [0.4, 0.5) is 11.5 Å². The van der Waals surface area contributed by atoms with Crippen LogP contribution < -0.4 is 10.6 Å². The molecule has 0 saturated carbocycles. The topological polar surface area (TPSA) is 92.5 Å². The summed E-state index contributed by atoms with van der Waals surface area (Å²) >= 11 is 0. The lowest BCUT2D eigenvalue weighted by Gasteiger charge is -2.19. The maximum atomic E-state index is 12.5. The molecule has 41 heavy (non-hydrogen) atoms. The quantitative estimate of drug-likeness (QED) is 0.185. The smallest absolute Gasteiger partial charge is 0.248 e. The van der Waals surface area contributed by atoms with Crippen LogP contribution in [0.5, 0.6) is 0 Å². The number of likely N-dealkylation sites (N-methyl/N-ethyl adjacent to an activating group) is 1. The molecule has 1 atom stereocenters. The van der Waals surface area contributed by atoms with E-state index >= 15 is 0 Å². The number of methoxy groups -OCH3 is 1. The maximum Gasteiger partial charge on any atom is 0.248 e. The van der Waals surface area contributed by atoms with Gasteiger partial charge in [0.05, 0.1) is 18.0 Å². The molecule has 2 heterocycles. The van der Waals surface area contributed by atoms with E-state index in [0.717, 1.165) is 27.6 Å². The number of amides is 1. The molecule has 5 rings (SSSR count). The first-order valence-corrected chi connectivity index (χ1v) is 13.4. The predicted octanol–water partition coefficient (Wildman–Crippen LogP) is 6.41. The van der Waals surface area contributed by atoms with Crippen molar-refractivity contribution in [2.75, 3.05) is 45.0 Å². The number of nitrogens with one attached hydrogen (secondary N) is 2. The minimum Gasteiger partial charge on any atom is -0.437 e. The molecule has 0 saturated heterocycles. The van der Waals surface area contributed by atoms with Gasteiger partial charge < -0.3 is 24.7 Å². The van der Waals surface area contributed by atoms with Gasteiger partial charge in [0, 0.05) is 36.5 Å². The van der Waals surface area contributed by atoms with Crippen LogP contribution in [0.1, 0.15) is 11.6 Å². The lowest BCUT2D eigenvalue weighted by atomic mass is 9.98. The van der Waals surface area contributed by atoms with E-state index in [-0.39, 0.29) is 11.9 Å². The van der Waals surface area contributed by atoms with E-state index in [4.69, 9.17) is 9.15 Å². The van der Waals surface area contributed by atoms with Crippen LogP contribution in [0, 0.1) is 0 Å². The average Bonchev–Trinajstić information content (AvgIpc) is 3.38. The summed E-state index contributed by atoms with van der Waals surface area (Å²) in [6, 6.07) is 27.6. The number of aromatic nitrogens is 2. The minimum absolute atomic E-state index is 0.139. The molecule has 5 aromatic rings. The zero-order valence-electron chi connectivity index (χ0n) is 23.4. The van der Waals surface area contributed by atoms with E-state index in [1.807, 2.05) is 97.9 Å². The lowest BCUT2D eigenvalue weighted by molar-refractivity contribution is -0.111. The number of hydrogen-bond donors (Lipinski definition) is 2. The molecule has 0 fully saturated rings. The van der Waals surface area contributed by atoms with Gasteiger partial charge in [0.15, 0.2) is 0 Å². The molecule has 3 aromatic carbocycles. The van der Waals surface area contributed by atoms with Crippen molar-refractivity contribution in [2.24, 2.45) is 0 Å². The van der Waals surface area contributed by atoms with Gasteiger partial charge in [-0.2, -0.15) is 0 Å². The number of anilines is 2. The number of ether oxygens (including phenoxy) is 1. The Balaban J connectivity index is 1.58. The van der Waals surface area contributed by atoms with E-state index in [0.29, 0.717) is 36.1 Å². The largest absolute Gasteiger partial charge is 0.437 e. The Morgan fingerprint density at radius 1 is 0.976 bits per heavy atom. The molecule has 2 N–H and O–H groups in total. The monoisotopic (exact) mass is 547 g/mol. The molecular weight excluding hydrogens is 514 g/mol. The zero-order chi connectivity index (χ0) is 28.6. The van der Waals surface area contributed by atoms with Crippen LogP contribution in [0.3, 0.4) is 0 Å². The Morgan fingerprint density at radius 3 is 2.44 bits per heavy atom. The van der Waals surface area contributed by atoms with E-state index in [1.54, 1.807) is 13.2 Å². The third-order valence-electron chi connectivity index (χ3n) is 6.53. The average molecular weight is 548 g/mol. The van der Waals surface area contributed by atoms with E-state index in [9.17, 15) is 4.79 Å². The molecule has 1 amide bonds. The Labute approximate surface area is 239 Å². The third kappa shape index (κ3) is 6.69. The van der Waals surface area contributed by atoms with Crippen LogP contribution in [0.25, 0.3) is 33.6 Å². The van der Waals surface area contributed by atoms with Crippen molar-refractivity contribution in [2.45, 2.75) is 6.04 Å². The van der Waals surface area contributed by atoms with Gasteiger partial charge in [0.1, 0.15) is 17.9 Å². The standard InChI is InChI=1S/C33H33N5O3/c1-38(2)19-11-18-28(39)36-26-17-10-16-25(20-26)31-29(24-14-8-5-9-15-24)30-32(34-22-35-33(30)41-31)37-27(21-40-3)23-12-6-4-7-13-23/h4-18,20,22,27H,19,21H2,1-3H3,(H,36,39)(H,34,35,37)/b18-11+/t27-/m1/s1. The number of benzene rings is 3. The van der Waals surface area contributed by atoms with Crippen molar-refractivity contribution in [3.8, 4) is 22.5 Å². The van der Waals surface area contributed by atoms with E-state index in [2.05, 4.69) is 32.7 Å². The minimum atomic E-state index is -0.195. The lowest BCUT2D eigenvalue weighted by Crippen LogP contribution is -2.17. The Bertz CT molecular complexity index is 1630. The summed E-state index contributed by atoms with van der Waals surface area (Å²) < 4.78 is 12.0. The number of hydrogen-bond acceptors (Lipinski definition) is 7. The van der Waals surface area contributed by atoms with Gasteiger partial charge in [-0.25, -0.2) is 9.97 Å². The molecule has 0 radical (unpaired) electrons. The SMILES string of the molecule is COC[C@@H](Nc1ncnc2oc(-c3cccc(NC(=O)/C=C/CN(C)C)c3)c(-c3ccccc3)c12)c1ccccc1. The van der Waals surface area contributed by atoms with Crippen molar-refractivity contribution < 1.29 is 13.9 Å². The molecule has 2 aromatic heterocycles. The first-order chi connectivity index (χ1) is 20.0. The molecule has 8 nitrogen and oxygen atoms in total. The molecule has 0 spiro atoms. The normalized spacial score (nSPS) is 12.2. The molecule has 208 valence electrons. The number of carbonyl (C=O) groups is 1. The van der Waals surface area contributed by atoms with E-state index in [1.165, 1.54) is 6.33 Å². The zero-order valence-corrected chi connectivity index (χ0v) is 23.4. The third-order valence-corrected chi connectivity index (χ3v) is 6.53. The Morgan fingerprint density at radius 2 is 1.71 bits per heavy atom. The highest BCUT2D eigenvalue weighted by Gasteiger charge is 2.24. The van der Waals surface area contributed by atoms with Crippen LogP contribution >= 0.6 is 0 Å². The first kappa shape index (κ1) is 27.8. The second kappa shape index (κ2) is 13.0. The van der Waals surface area contributed by atoms with Crippen LogP contribution in [-0.4, -0.2) is 55.1 Å². The van der Waals surface area contributed by atoms with Crippen LogP contribution in [0.15, 0.2) is 108 Å². The summed E-state index contributed by atoms with van der Waals surface area (Å²) in [5.41, 5.74) is 4.83. The molecule has 0 bridgehead atoms. The molecular formula is C33H33N5O3. The highest BCUT2D eigenvalue weighted by molar-refractivity contribution is 6.06. The van der Waals surface area contributed by atoms with Crippen molar-refractivity contribution in [1.29, 1.82) is 0 Å². The molecule has 0 unspecified atom stereocenters. The summed E-state index contributed by atoms with van der Waals surface area (Å²) in [5, 5.41) is 7.29. The van der Waals surface area contributed by atoms with Gasteiger partial charge in [-0.1, -0.05) is 78.9 Å². The summed E-state index contributed by atoms with van der Waals surface area (Å²) in [6.07, 6.45) is 4.86.